The first-order valence-corrected chi connectivity index (χ1v) is 6.07. The molecule has 1 heterocycles. The van der Waals surface area contributed by atoms with Crippen molar-refractivity contribution < 1.29 is 14.7 Å². The number of hydrogen-bond donors (Lipinski definition) is 2. The molecule has 2 N–H and O–H groups in total. The van der Waals surface area contributed by atoms with Crippen LogP contribution in [-0.4, -0.2) is 22.0 Å². The predicted octanol–water partition coefficient (Wildman–Crippen LogP) is 2.15. The maximum Gasteiger partial charge on any atom is 0.337 e. The molecule has 1 aromatic heterocycles. The van der Waals surface area contributed by atoms with Gasteiger partial charge in [-0.2, -0.15) is 0 Å². The molecule has 18 heavy (non-hydrogen) atoms. The van der Waals surface area contributed by atoms with Gasteiger partial charge in [-0.25, -0.2) is 4.79 Å². The van der Waals surface area contributed by atoms with Crippen molar-refractivity contribution in [3.05, 3.63) is 24.0 Å². The van der Waals surface area contributed by atoms with Crippen molar-refractivity contribution in [1.29, 1.82) is 0 Å². The highest BCUT2D eigenvalue weighted by atomic mass is 16.4. The maximum absolute atomic E-state index is 12.0. The number of aromatic carboxylic acids is 1. The fourth-order valence-corrected chi connectivity index (χ4v) is 2.40. The van der Waals surface area contributed by atoms with Crippen LogP contribution < -0.4 is 5.32 Å². The van der Waals surface area contributed by atoms with Crippen LogP contribution >= 0.6 is 0 Å². The first-order chi connectivity index (χ1) is 8.58. The summed E-state index contributed by atoms with van der Waals surface area (Å²) in [5.74, 6) is -0.670. The molecule has 0 spiro atoms. The van der Waals surface area contributed by atoms with Gasteiger partial charge in [-0.3, -0.25) is 9.78 Å². The Labute approximate surface area is 105 Å². The molecule has 2 rings (SSSR count). The second-order valence-electron chi connectivity index (χ2n) is 4.77. The van der Waals surface area contributed by atoms with E-state index in [1.807, 2.05) is 0 Å². The van der Waals surface area contributed by atoms with Crippen LogP contribution in [0.2, 0.25) is 0 Å². The largest absolute Gasteiger partial charge is 0.478 e. The van der Waals surface area contributed by atoms with Gasteiger partial charge < -0.3 is 10.4 Å². The number of nitrogens with one attached hydrogen (secondary N) is 1. The number of carboxylic acids is 1. The summed E-state index contributed by atoms with van der Waals surface area (Å²) in [7, 11) is 0. The molecule has 5 nitrogen and oxygen atoms in total. The second-order valence-corrected chi connectivity index (χ2v) is 4.77. The van der Waals surface area contributed by atoms with Crippen molar-refractivity contribution in [2.75, 3.05) is 5.32 Å². The summed E-state index contributed by atoms with van der Waals surface area (Å²) in [5, 5.41) is 11.6. The van der Waals surface area contributed by atoms with Crippen molar-refractivity contribution in [2.24, 2.45) is 11.8 Å². The Morgan fingerprint density at radius 1 is 1.39 bits per heavy atom. The number of carbonyl (C=O) groups is 2. The predicted molar refractivity (Wildman–Crippen MR) is 66.3 cm³/mol. The lowest BCUT2D eigenvalue weighted by Gasteiger charge is -2.15. The van der Waals surface area contributed by atoms with Crippen LogP contribution in [0.3, 0.4) is 0 Å². The van der Waals surface area contributed by atoms with Crippen molar-refractivity contribution >= 4 is 17.6 Å². The third-order valence-electron chi connectivity index (χ3n) is 3.45. The van der Waals surface area contributed by atoms with E-state index in [0.717, 1.165) is 19.3 Å². The number of amides is 1. The zero-order valence-corrected chi connectivity index (χ0v) is 10.2. The number of pyridine rings is 1. The van der Waals surface area contributed by atoms with Crippen molar-refractivity contribution in [3.8, 4) is 0 Å². The van der Waals surface area contributed by atoms with E-state index in [-0.39, 0.29) is 17.4 Å². The van der Waals surface area contributed by atoms with Gasteiger partial charge >= 0.3 is 5.97 Å². The van der Waals surface area contributed by atoms with E-state index in [9.17, 15) is 9.59 Å². The van der Waals surface area contributed by atoms with E-state index in [0.29, 0.717) is 11.6 Å². The summed E-state index contributed by atoms with van der Waals surface area (Å²) in [6, 6.07) is 1.42. The minimum absolute atomic E-state index is 0.0264. The van der Waals surface area contributed by atoms with E-state index in [1.165, 1.54) is 18.5 Å². The second kappa shape index (κ2) is 5.16. The Balaban J connectivity index is 2.07. The zero-order chi connectivity index (χ0) is 13.1. The molecule has 1 aliphatic carbocycles. The minimum atomic E-state index is -1.05. The molecule has 1 fully saturated rings. The number of nitrogens with zero attached hydrogens (tertiary/aromatic N) is 1. The Bertz CT molecular complexity index is 473. The van der Waals surface area contributed by atoms with Crippen LogP contribution in [0.15, 0.2) is 18.5 Å². The topological polar surface area (TPSA) is 79.3 Å². The van der Waals surface area contributed by atoms with Gasteiger partial charge in [0.1, 0.15) is 0 Å². The smallest absolute Gasteiger partial charge is 0.337 e. The van der Waals surface area contributed by atoms with Gasteiger partial charge in [-0.1, -0.05) is 13.3 Å². The van der Waals surface area contributed by atoms with E-state index >= 15 is 0 Å². The molecule has 0 aliphatic heterocycles. The quantitative estimate of drug-likeness (QED) is 0.859. The van der Waals surface area contributed by atoms with Crippen LogP contribution in [0.1, 0.15) is 36.5 Å². The number of carboxylic acid groups (broad SMARTS) is 1. The summed E-state index contributed by atoms with van der Waals surface area (Å²) in [6.45, 7) is 2.07. The van der Waals surface area contributed by atoms with E-state index in [2.05, 4.69) is 17.2 Å². The number of rotatable bonds is 3. The van der Waals surface area contributed by atoms with Gasteiger partial charge in [0.25, 0.3) is 0 Å². The Morgan fingerprint density at radius 3 is 2.78 bits per heavy atom. The molecular formula is C13H16N2O3. The molecule has 1 amide bonds. The average Bonchev–Trinajstić information content (AvgIpc) is 2.76. The number of hydrogen-bond acceptors (Lipinski definition) is 3. The number of anilines is 1. The summed E-state index contributed by atoms with van der Waals surface area (Å²) in [5.41, 5.74) is 0.520. The lowest BCUT2D eigenvalue weighted by atomic mass is 9.97. The van der Waals surface area contributed by atoms with Crippen LogP contribution in [0, 0.1) is 11.8 Å². The standard InChI is InChI=1S/C13H16N2O3/c1-8-3-2-4-11(8)12(16)15-10-5-9(13(17)18)6-14-7-10/h5-8,11H,2-4H2,1H3,(H,15,16)(H,17,18). The first kappa shape index (κ1) is 12.5. The zero-order valence-electron chi connectivity index (χ0n) is 10.2. The molecule has 0 saturated heterocycles. The molecule has 0 radical (unpaired) electrons. The monoisotopic (exact) mass is 248 g/mol. The highest BCUT2D eigenvalue weighted by molar-refractivity contribution is 5.94. The molecular weight excluding hydrogens is 232 g/mol. The maximum atomic E-state index is 12.0. The molecule has 96 valence electrons. The number of aromatic nitrogens is 1. The lowest BCUT2D eigenvalue weighted by molar-refractivity contribution is -0.120. The molecule has 2 unspecified atom stereocenters. The highest BCUT2D eigenvalue weighted by Gasteiger charge is 2.29. The van der Waals surface area contributed by atoms with Crippen LogP contribution in [-0.2, 0) is 4.79 Å². The third-order valence-corrected chi connectivity index (χ3v) is 3.45. The number of carbonyl (C=O) groups excluding carboxylic acids is 1. The third kappa shape index (κ3) is 2.67. The van der Waals surface area contributed by atoms with Gasteiger partial charge in [0.2, 0.25) is 5.91 Å². The Hall–Kier alpha value is -1.91. The SMILES string of the molecule is CC1CCCC1C(=O)Nc1cncc(C(=O)O)c1. The first-order valence-electron chi connectivity index (χ1n) is 6.07. The normalized spacial score (nSPS) is 22.7. The average molecular weight is 248 g/mol. The summed E-state index contributed by atoms with van der Waals surface area (Å²) >= 11 is 0. The fourth-order valence-electron chi connectivity index (χ4n) is 2.40. The molecule has 1 saturated carbocycles. The summed E-state index contributed by atoms with van der Waals surface area (Å²) < 4.78 is 0. The molecule has 0 aromatic carbocycles. The fraction of sp³-hybridized carbons (Fsp3) is 0.462. The van der Waals surface area contributed by atoms with E-state index in [4.69, 9.17) is 5.11 Å². The van der Waals surface area contributed by atoms with Crippen LogP contribution in [0.4, 0.5) is 5.69 Å². The van der Waals surface area contributed by atoms with E-state index < -0.39 is 5.97 Å². The minimum Gasteiger partial charge on any atom is -0.478 e. The Morgan fingerprint density at radius 2 is 2.17 bits per heavy atom. The molecule has 2 atom stereocenters. The van der Waals surface area contributed by atoms with Gasteiger partial charge in [-0.15, -0.1) is 0 Å². The van der Waals surface area contributed by atoms with Crippen LogP contribution in [0.5, 0.6) is 0 Å². The highest BCUT2D eigenvalue weighted by Crippen LogP contribution is 2.31. The molecule has 1 aromatic rings. The molecule has 0 bridgehead atoms. The lowest BCUT2D eigenvalue weighted by Crippen LogP contribution is -2.24. The van der Waals surface area contributed by atoms with Gasteiger partial charge in [0.05, 0.1) is 17.4 Å². The van der Waals surface area contributed by atoms with Gasteiger partial charge in [-0.05, 0) is 24.8 Å². The van der Waals surface area contributed by atoms with Gasteiger partial charge in [0.15, 0.2) is 0 Å². The summed E-state index contributed by atoms with van der Waals surface area (Å²) in [6.07, 6.45) is 5.78. The van der Waals surface area contributed by atoms with Gasteiger partial charge in [0, 0.05) is 12.1 Å². The van der Waals surface area contributed by atoms with Crippen molar-refractivity contribution in [3.63, 3.8) is 0 Å². The van der Waals surface area contributed by atoms with Crippen molar-refractivity contribution in [1.82, 2.24) is 4.98 Å². The Kier molecular flexibility index (Phi) is 3.60. The summed E-state index contributed by atoms with van der Waals surface area (Å²) in [4.78, 5) is 26.6. The van der Waals surface area contributed by atoms with E-state index in [1.54, 1.807) is 0 Å². The van der Waals surface area contributed by atoms with Crippen LogP contribution in [0.25, 0.3) is 0 Å². The van der Waals surface area contributed by atoms with Crippen molar-refractivity contribution in [2.45, 2.75) is 26.2 Å². The molecule has 1 aliphatic rings. The molecule has 5 heteroatoms.